The second-order valence-electron chi connectivity index (χ2n) is 5.90. The van der Waals surface area contributed by atoms with Gasteiger partial charge in [-0.15, -0.1) is 0 Å². The van der Waals surface area contributed by atoms with Gasteiger partial charge in [0.05, 0.1) is 0 Å². The van der Waals surface area contributed by atoms with E-state index in [0.29, 0.717) is 39.0 Å². The van der Waals surface area contributed by atoms with Gasteiger partial charge in [0.15, 0.2) is 0 Å². The molecule has 0 saturated carbocycles. The van der Waals surface area contributed by atoms with Crippen molar-refractivity contribution in [3.63, 3.8) is 0 Å². The minimum absolute atomic E-state index is 0.214. The standard InChI is InChI=1S/C14H27N3O3S/c18-14-8-3-1-4-10-16(14)11-7-9-15-21(19,20)17-12-5-2-6-13-17/h15H,1-13H2. The van der Waals surface area contributed by atoms with E-state index in [0.717, 1.165) is 45.1 Å². The SMILES string of the molecule is O=C1CCCCCN1CCCNS(=O)(=O)N1CCCCC1. The molecule has 2 saturated heterocycles. The van der Waals surface area contributed by atoms with Crippen LogP contribution in [0.3, 0.4) is 0 Å². The Morgan fingerprint density at radius 3 is 2.38 bits per heavy atom. The average molecular weight is 317 g/mol. The number of carbonyl (C=O) groups is 1. The van der Waals surface area contributed by atoms with Crippen LogP contribution in [-0.4, -0.2) is 56.3 Å². The molecule has 6 nitrogen and oxygen atoms in total. The predicted molar refractivity (Wildman–Crippen MR) is 82.0 cm³/mol. The van der Waals surface area contributed by atoms with Crippen molar-refractivity contribution in [3.8, 4) is 0 Å². The van der Waals surface area contributed by atoms with Crippen LogP contribution in [0, 0.1) is 0 Å². The van der Waals surface area contributed by atoms with Crippen LogP contribution in [0.2, 0.25) is 0 Å². The van der Waals surface area contributed by atoms with E-state index in [1.165, 1.54) is 4.31 Å². The Balaban J connectivity index is 1.69. The molecule has 0 aromatic carbocycles. The zero-order chi connectivity index (χ0) is 15.1. The fraction of sp³-hybridized carbons (Fsp3) is 0.929. The Labute approximate surface area is 128 Å². The zero-order valence-corrected chi connectivity index (χ0v) is 13.5. The molecule has 0 aromatic rings. The third kappa shape index (κ3) is 5.23. The van der Waals surface area contributed by atoms with E-state index in [1.54, 1.807) is 0 Å². The highest BCUT2D eigenvalue weighted by atomic mass is 32.2. The van der Waals surface area contributed by atoms with Crippen molar-refractivity contribution in [2.75, 3.05) is 32.7 Å². The molecule has 0 radical (unpaired) electrons. The molecule has 0 aliphatic carbocycles. The summed E-state index contributed by atoms with van der Waals surface area (Å²) in [6.45, 7) is 3.13. The fourth-order valence-corrected chi connectivity index (χ4v) is 4.27. The molecule has 21 heavy (non-hydrogen) atoms. The second-order valence-corrected chi connectivity index (χ2v) is 7.66. The maximum absolute atomic E-state index is 12.1. The molecule has 0 aromatic heterocycles. The molecule has 2 rings (SSSR count). The van der Waals surface area contributed by atoms with Gasteiger partial charge >= 0.3 is 0 Å². The summed E-state index contributed by atoms with van der Waals surface area (Å²) in [7, 11) is -3.33. The lowest BCUT2D eigenvalue weighted by atomic mass is 10.2. The van der Waals surface area contributed by atoms with E-state index in [1.807, 2.05) is 4.90 Å². The summed E-state index contributed by atoms with van der Waals surface area (Å²) in [5, 5.41) is 0. The maximum atomic E-state index is 12.1. The van der Waals surface area contributed by atoms with Crippen molar-refractivity contribution in [2.24, 2.45) is 0 Å². The van der Waals surface area contributed by atoms with Gasteiger partial charge in [-0.25, -0.2) is 4.72 Å². The number of hydrogen-bond donors (Lipinski definition) is 1. The number of rotatable bonds is 6. The minimum Gasteiger partial charge on any atom is -0.343 e. The summed E-state index contributed by atoms with van der Waals surface area (Å²) in [6.07, 6.45) is 7.49. The highest BCUT2D eigenvalue weighted by molar-refractivity contribution is 7.87. The summed E-state index contributed by atoms with van der Waals surface area (Å²) >= 11 is 0. The number of hydrogen-bond acceptors (Lipinski definition) is 3. The first-order valence-electron chi connectivity index (χ1n) is 8.12. The summed E-state index contributed by atoms with van der Waals surface area (Å²) in [5.41, 5.74) is 0. The number of nitrogens with zero attached hydrogens (tertiary/aromatic N) is 2. The number of carbonyl (C=O) groups excluding carboxylic acids is 1. The maximum Gasteiger partial charge on any atom is 0.279 e. The first kappa shape index (κ1) is 16.7. The Morgan fingerprint density at radius 1 is 0.952 bits per heavy atom. The van der Waals surface area contributed by atoms with Gasteiger partial charge < -0.3 is 4.90 Å². The molecule has 1 N–H and O–H groups in total. The fourth-order valence-electron chi connectivity index (χ4n) is 2.94. The van der Waals surface area contributed by atoms with Gasteiger partial charge in [0.25, 0.3) is 10.2 Å². The van der Waals surface area contributed by atoms with Crippen molar-refractivity contribution >= 4 is 16.1 Å². The second kappa shape index (κ2) is 8.10. The summed E-state index contributed by atoms with van der Waals surface area (Å²) < 4.78 is 28.4. The van der Waals surface area contributed by atoms with Gasteiger partial charge in [-0.1, -0.05) is 12.8 Å². The van der Waals surface area contributed by atoms with Crippen LogP contribution in [0.25, 0.3) is 0 Å². The lowest BCUT2D eigenvalue weighted by molar-refractivity contribution is -0.130. The van der Waals surface area contributed by atoms with Crippen molar-refractivity contribution in [2.45, 2.75) is 51.4 Å². The molecule has 2 fully saturated rings. The minimum atomic E-state index is -3.33. The molecular formula is C14H27N3O3S. The molecule has 1 amide bonds. The van der Waals surface area contributed by atoms with Crippen LogP contribution >= 0.6 is 0 Å². The highest BCUT2D eigenvalue weighted by Gasteiger charge is 2.23. The lowest BCUT2D eigenvalue weighted by Gasteiger charge is -2.26. The average Bonchev–Trinajstić information content (AvgIpc) is 2.69. The Hall–Kier alpha value is -0.660. The zero-order valence-electron chi connectivity index (χ0n) is 12.7. The van der Waals surface area contributed by atoms with E-state index in [-0.39, 0.29) is 5.91 Å². The molecule has 2 aliphatic heterocycles. The Morgan fingerprint density at radius 2 is 1.62 bits per heavy atom. The van der Waals surface area contributed by atoms with Gasteiger partial charge in [0.1, 0.15) is 0 Å². The normalized spacial score (nSPS) is 22.3. The molecular weight excluding hydrogens is 290 g/mol. The largest absolute Gasteiger partial charge is 0.343 e. The van der Waals surface area contributed by atoms with E-state index in [2.05, 4.69) is 4.72 Å². The highest BCUT2D eigenvalue weighted by Crippen LogP contribution is 2.13. The Bertz CT molecular complexity index is 433. The first-order valence-corrected chi connectivity index (χ1v) is 9.56. The number of likely N-dealkylation sites (tertiary alicyclic amines) is 1. The van der Waals surface area contributed by atoms with Crippen molar-refractivity contribution < 1.29 is 13.2 Å². The van der Waals surface area contributed by atoms with Gasteiger partial charge in [0.2, 0.25) is 5.91 Å². The van der Waals surface area contributed by atoms with Crippen LogP contribution in [0.4, 0.5) is 0 Å². The van der Waals surface area contributed by atoms with Crippen LogP contribution < -0.4 is 4.72 Å². The topological polar surface area (TPSA) is 69.7 Å². The monoisotopic (exact) mass is 317 g/mol. The summed E-state index contributed by atoms with van der Waals surface area (Å²) in [4.78, 5) is 13.7. The van der Waals surface area contributed by atoms with Crippen molar-refractivity contribution in [3.05, 3.63) is 0 Å². The van der Waals surface area contributed by atoms with Gasteiger partial charge in [-0.3, -0.25) is 4.79 Å². The van der Waals surface area contributed by atoms with Gasteiger partial charge in [0, 0.05) is 39.1 Å². The first-order chi connectivity index (χ1) is 10.1. The van der Waals surface area contributed by atoms with Crippen molar-refractivity contribution in [1.82, 2.24) is 13.9 Å². The van der Waals surface area contributed by atoms with E-state index >= 15 is 0 Å². The van der Waals surface area contributed by atoms with E-state index < -0.39 is 10.2 Å². The smallest absolute Gasteiger partial charge is 0.279 e. The van der Waals surface area contributed by atoms with Crippen LogP contribution in [0.5, 0.6) is 0 Å². The van der Waals surface area contributed by atoms with Crippen LogP contribution in [0.15, 0.2) is 0 Å². The number of nitrogens with one attached hydrogen (secondary N) is 1. The summed E-state index contributed by atoms with van der Waals surface area (Å²) in [5.74, 6) is 0.214. The molecule has 0 unspecified atom stereocenters. The molecule has 2 heterocycles. The van der Waals surface area contributed by atoms with E-state index in [4.69, 9.17) is 0 Å². The van der Waals surface area contributed by atoms with Crippen molar-refractivity contribution in [1.29, 1.82) is 0 Å². The number of piperidine rings is 1. The van der Waals surface area contributed by atoms with Crippen LogP contribution in [0.1, 0.15) is 51.4 Å². The van der Waals surface area contributed by atoms with Gasteiger partial charge in [-0.05, 0) is 32.1 Å². The number of amides is 1. The van der Waals surface area contributed by atoms with E-state index in [9.17, 15) is 13.2 Å². The predicted octanol–water partition coefficient (Wildman–Crippen LogP) is 1.10. The molecule has 0 bridgehead atoms. The van der Waals surface area contributed by atoms with Crippen LogP contribution in [-0.2, 0) is 15.0 Å². The molecule has 7 heteroatoms. The molecule has 2 aliphatic rings. The van der Waals surface area contributed by atoms with Gasteiger partial charge in [-0.2, -0.15) is 12.7 Å². The molecule has 0 spiro atoms. The quantitative estimate of drug-likeness (QED) is 0.746. The third-order valence-electron chi connectivity index (χ3n) is 4.22. The lowest BCUT2D eigenvalue weighted by Crippen LogP contribution is -2.44. The molecule has 0 atom stereocenters. The summed E-state index contributed by atoms with van der Waals surface area (Å²) in [6, 6.07) is 0. The Kier molecular flexibility index (Phi) is 6.44. The molecule has 122 valence electrons. The third-order valence-corrected chi connectivity index (χ3v) is 5.83.